The van der Waals surface area contributed by atoms with Crippen molar-refractivity contribution in [3.05, 3.63) is 63.5 Å². The molecule has 0 bridgehead atoms. The Morgan fingerprint density at radius 1 is 1.33 bits per heavy atom. The van der Waals surface area contributed by atoms with Gasteiger partial charge in [0.1, 0.15) is 11.7 Å². The third-order valence-corrected chi connectivity index (χ3v) is 4.59. The molecule has 0 saturated carbocycles. The number of hydrogen-bond acceptors (Lipinski definition) is 5. The first kappa shape index (κ1) is 18.6. The van der Waals surface area contributed by atoms with Gasteiger partial charge in [0, 0.05) is 19.2 Å². The number of nitrogens with zero attached hydrogens (tertiary/aromatic N) is 2. The van der Waals surface area contributed by atoms with E-state index in [-0.39, 0.29) is 17.3 Å². The molecule has 1 unspecified atom stereocenters. The van der Waals surface area contributed by atoms with E-state index in [1.807, 2.05) is 31.2 Å². The Bertz CT molecular complexity index is 870. The number of amides is 1. The summed E-state index contributed by atoms with van der Waals surface area (Å²) in [6.45, 7) is 3.01. The van der Waals surface area contributed by atoms with Crippen LogP contribution in [0.25, 0.3) is 0 Å². The molecule has 1 N–H and O–H groups in total. The number of aryl methyl sites for hydroxylation is 1. The second-order valence-corrected chi connectivity index (χ2v) is 6.49. The Morgan fingerprint density at radius 3 is 2.67 bits per heavy atom. The summed E-state index contributed by atoms with van der Waals surface area (Å²) < 4.78 is 18.7. The molecule has 1 aliphatic rings. The summed E-state index contributed by atoms with van der Waals surface area (Å²) in [5.41, 5.74) is 1.79. The van der Waals surface area contributed by atoms with E-state index in [0.717, 1.165) is 17.2 Å². The molecule has 8 heteroatoms. The van der Waals surface area contributed by atoms with E-state index in [1.165, 1.54) is 13.2 Å². The first-order valence-electron chi connectivity index (χ1n) is 8.52. The van der Waals surface area contributed by atoms with Crippen LogP contribution in [0.3, 0.4) is 0 Å². The first-order valence-corrected chi connectivity index (χ1v) is 8.52. The lowest BCUT2D eigenvalue weighted by atomic mass is 10.1. The molecule has 1 aliphatic heterocycles. The quantitative estimate of drug-likeness (QED) is 0.621. The van der Waals surface area contributed by atoms with E-state index in [9.17, 15) is 19.3 Å². The maximum absolute atomic E-state index is 13.8. The molecule has 1 heterocycles. The summed E-state index contributed by atoms with van der Waals surface area (Å²) in [7, 11) is 1.28. The number of methoxy groups -OCH3 is 1. The predicted octanol–water partition coefficient (Wildman–Crippen LogP) is 3.26. The minimum Gasteiger partial charge on any atom is -0.494 e. The van der Waals surface area contributed by atoms with Crippen LogP contribution in [-0.2, 0) is 11.3 Å². The highest BCUT2D eigenvalue weighted by Crippen LogP contribution is 2.33. The number of hydrogen-bond donors (Lipinski definition) is 1. The number of rotatable bonds is 6. The summed E-state index contributed by atoms with van der Waals surface area (Å²) in [6, 6.07) is 9.32. The maximum Gasteiger partial charge on any atom is 0.295 e. The fourth-order valence-electron chi connectivity index (χ4n) is 3.10. The molecule has 1 fully saturated rings. The fraction of sp³-hybridized carbons (Fsp3) is 0.316. The van der Waals surface area contributed by atoms with Crippen LogP contribution in [0, 0.1) is 22.9 Å². The summed E-state index contributed by atoms with van der Waals surface area (Å²) in [5, 5.41) is 14.1. The molecular formula is C19H20FN3O4. The Labute approximate surface area is 155 Å². The van der Waals surface area contributed by atoms with Crippen LogP contribution >= 0.6 is 0 Å². The minimum absolute atomic E-state index is 0.0637. The van der Waals surface area contributed by atoms with Crippen LogP contribution in [-0.4, -0.2) is 35.4 Å². The van der Waals surface area contributed by atoms with Gasteiger partial charge in [-0.1, -0.05) is 29.8 Å². The molecule has 1 amide bonds. The highest BCUT2D eigenvalue weighted by atomic mass is 19.1. The van der Waals surface area contributed by atoms with Gasteiger partial charge >= 0.3 is 0 Å². The lowest BCUT2D eigenvalue weighted by Crippen LogP contribution is -2.33. The standard InChI is InChI=1S/C19H20FN3O4/c1-12-3-5-13(6-4-12)11-22-8-7-15(19(22)24)21-16-10-18(27-2)14(20)9-17(16)23(25)26/h3-6,9-10,15,21H,7-8,11H2,1-2H3. The smallest absolute Gasteiger partial charge is 0.295 e. The van der Waals surface area contributed by atoms with Gasteiger partial charge in [0.05, 0.1) is 18.1 Å². The van der Waals surface area contributed by atoms with Gasteiger partial charge in [0.25, 0.3) is 5.69 Å². The zero-order valence-corrected chi connectivity index (χ0v) is 15.1. The van der Waals surface area contributed by atoms with E-state index < -0.39 is 22.5 Å². The highest BCUT2D eigenvalue weighted by Gasteiger charge is 2.33. The number of likely N-dealkylation sites (tertiary alicyclic amines) is 1. The molecule has 2 aromatic carbocycles. The van der Waals surface area contributed by atoms with Gasteiger partial charge in [-0.2, -0.15) is 0 Å². The topological polar surface area (TPSA) is 84.7 Å². The number of carbonyl (C=O) groups excluding carboxylic acids is 1. The minimum atomic E-state index is -0.825. The molecule has 0 spiro atoms. The molecule has 7 nitrogen and oxygen atoms in total. The predicted molar refractivity (Wildman–Crippen MR) is 98.2 cm³/mol. The normalized spacial score (nSPS) is 16.5. The van der Waals surface area contributed by atoms with Gasteiger partial charge in [-0.05, 0) is 18.9 Å². The molecule has 0 aromatic heterocycles. The van der Waals surface area contributed by atoms with Gasteiger partial charge < -0.3 is 15.0 Å². The lowest BCUT2D eigenvalue weighted by Gasteiger charge is -2.18. The SMILES string of the molecule is COc1cc(NC2CCN(Cc3ccc(C)cc3)C2=O)c([N+](=O)[O-])cc1F. The Hall–Kier alpha value is -3.16. The van der Waals surface area contributed by atoms with Gasteiger partial charge in [0.2, 0.25) is 5.91 Å². The molecule has 27 heavy (non-hydrogen) atoms. The molecule has 142 valence electrons. The maximum atomic E-state index is 13.8. The Kier molecular flexibility index (Phi) is 5.25. The fourth-order valence-corrected chi connectivity index (χ4v) is 3.10. The van der Waals surface area contributed by atoms with Crippen LogP contribution in [0.15, 0.2) is 36.4 Å². The van der Waals surface area contributed by atoms with Gasteiger partial charge in [-0.3, -0.25) is 14.9 Å². The van der Waals surface area contributed by atoms with Crippen molar-refractivity contribution in [3.63, 3.8) is 0 Å². The number of carbonyl (C=O) groups is 1. The van der Waals surface area contributed by atoms with Crippen LogP contribution < -0.4 is 10.1 Å². The third-order valence-electron chi connectivity index (χ3n) is 4.59. The van der Waals surface area contributed by atoms with Gasteiger partial charge in [0.15, 0.2) is 11.6 Å². The van der Waals surface area contributed by atoms with E-state index >= 15 is 0 Å². The molecule has 2 aromatic rings. The van der Waals surface area contributed by atoms with Crippen LogP contribution in [0.2, 0.25) is 0 Å². The number of nitro groups is 1. The van der Waals surface area contributed by atoms with E-state index in [4.69, 9.17) is 4.74 Å². The summed E-state index contributed by atoms with van der Waals surface area (Å²) >= 11 is 0. The van der Waals surface area contributed by atoms with Crippen molar-refractivity contribution < 1.29 is 18.8 Å². The molecule has 1 atom stereocenters. The molecule has 3 rings (SSSR count). The largest absolute Gasteiger partial charge is 0.494 e. The third kappa shape index (κ3) is 3.99. The van der Waals surface area contributed by atoms with Crippen LogP contribution in [0.5, 0.6) is 5.75 Å². The highest BCUT2D eigenvalue weighted by molar-refractivity contribution is 5.87. The number of nitro benzene ring substituents is 1. The monoisotopic (exact) mass is 373 g/mol. The average molecular weight is 373 g/mol. The summed E-state index contributed by atoms with van der Waals surface area (Å²) in [4.78, 5) is 24.9. The number of benzene rings is 2. The van der Waals surface area contributed by atoms with Crippen molar-refractivity contribution in [3.8, 4) is 5.75 Å². The second kappa shape index (κ2) is 7.61. The number of nitrogens with one attached hydrogen (secondary N) is 1. The Balaban J connectivity index is 1.76. The van der Waals surface area contributed by atoms with E-state index in [2.05, 4.69) is 5.32 Å². The molecule has 0 radical (unpaired) electrons. The zero-order valence-electron chi connectivity index (χ0n) is 15.1. The van der Waals surface area contributed by atoms with Gasteiger partial charge in [-0.15, -0.1) is 0 Å². The molecule has 0 aliphatic carbocycles. The number of ether oxygens (including phenoxy) is 1. The Morgan fingerprint density at radius 2 is 2.04 bits per heavy atom. The lowest BCUT2D eigenvalue weighted by molar-refractivity contribution is -0.384. The zero-order chi connectivity index (χ0) is 19.6. The van der Waals surface area contributed by atoms with Crippen molar-refractivity contribution in [1.82, 2.24) is 4.90 Å². The van der Waals surface area contributed by atoms with Crippen LogP contribution in [0.1, 0.15) is 17.5 Å². The van der Waals surface area contributed by atoms with Crippen molar-refractivity contribution in [1.29, 1.82) is 0 Å². The first-order chi connectivity index (χ1) is 12.9. The number of halogens is 1. The van der Waals surface area contributed by atoms with Crippen molar-refractivity contribution in [2.45, 2.75) is 25.9 Å². The molecule has 1 saturated heterocycles. The van der Waals surface area contributed by atoms with E-state index in [0.29, 0.717) is 19.5 Å². The van der Waals surface area contributed by atoms with Crippen molar-refractivity contribution in [2.75, 3.05) is 19.0 Å². The summed E-state index contributed by atoms with van der Waals surface area (Å²) in [6.07, 6.45) is 0.502. The molecular weight excluding hydrogens is 353 g/mol. The number of anilines is 1. The van der Waals surface area contributed by atoms with Crippen molar-refractivity contribution >= 4 is 17.3 Å². The van der Waals surface area contributed by atoms with Crippen molar-refractivity contribution in [2.24, 2.45) is 0 Å². The summed E-state index contributed by atoms with van der Waals surface area (Å²) in [5.74, 6) is -1.09. The average Bonchev–Trinajstić information content (AvgIpc) is 2.98. The van der Waals surface area contributed by atoms with Crippen LogP contribution in [0.4, 0.5) is 15.8 Å². The van der Waals surface area contributed by atoms with Gasteiger partial charge in [-0.25, -0.2) is 4.39 Å². The van der Waals surface area contributed by atoms with E-state index in [1.54, 1.807) is 4.90 Å². The second-order valence-electron chi connectivity index (χ2n) is 6.49.